The lowest BCUT2D eigenvalue weighted by molar-refractivity contribution is -0.132. The number of aliphatic hydroxyl groups excluding tert-OH is 1. The van der Waals surface area contributed by atoms with Gasteiger partial charge in [0.25, 0.3) is 5.91 Å². The Morgan fingerprint density at radius 1 is 1.26 bits per heavy atom. The van der Waals surface area contributed by atoms with E-state index in [0.29, 0.717) is 18.7 Å². The van der Waals surface area contributed by atoms with Gasteiger partial charge in [0.15, 0.2) is 0 Å². The molecule has 7 nitrogen and oxygen atoms in total. The highest BCUT2D eigenvalue weighted by Crippen LogP contribution is 2.32. The van der Waals surface area contributed by atoms with E-state index in [2.05, 4.69) is 4.98 Å². The summed E-state index contributed by atoms with van der Waals surface area (Å²) in [5.74, 6) is 0.266. The van der Waals surface area contributed by atoms with Crippen molar-refractivity contribution < 1.29 is 19.4 Å². The third-order valence-corrected chi connectivity index (χ3v) is 6.57. The van der Waals surface area contributed by atoms with Crippen LogP contribution in [0.5, 0.6) is 5.88 Å². The molecule has 7 heteroatoms. The monoisotopic (exact) mass is 463 g/mol. The molecule has 0 saturated heterocycles. The van der Waals surface area contributed by atoms with Gasteiger partial charge >= 0.3 is 0 Å². The molecule has 1 aliphatic heterocycles. The minimum Gasteiger partial charge on any atom is -0.472 e. The molecule has 0 bridgehead atoms. The standard InChI is InChI=1S/C27H33N3O4/c1-18-15-30(19(2)17-31)27(33)23-13-21(10-9-20-7-5-4-6-8-20)14-28-25(23)34-24(18)16-29(3)26(32)22-11-12-22/h4-10,13-14,18-19,22,24,31H,11-12,15-17H2,1-3H3/b10-9+/t18-,19-,24-/m0/s1. The van der Waals surface area contributed by atoms with Gasteiger partial charge in [-0.1, -0.05) is 49.4 Å². The molecule has 2 aliphatic rings. The number of rotatable bonds is 7. The molecule has 2 heterocycles. The average molecular weight is 464 g/mol. The predicted octanol–water partition coefficient (Wildman–Crippen LogP) is 3.34. The zero-order valence-electron chi connectivity index (χ0n) is 20.1. The Morgan fingerprint density at radius 2 is 1.97 bits per heavy atom. The van der Waals surface area contributed by atoms with Gasteiger partial charge in [-0.2, -0.15) is 0 Å². The maximum Gasteiger partial charge on any atom is 0.259 e. The van der Waals surface area contributed by atoms with Crippen molar-refractivity contribution in [3.8, 4) is 5.88 Å². The summed E-state index contributed by atoms with van der Waals surface area (Å²) in [6, 6.07) is 11.3. The fraction of sp³-hybridized carbons (Fsp3) is 0.444. The normalized spacial score (nSPS) is 21.4. The fourth-order valence-electron chi connectivity index (χ4n) is 4.19. The Balaban J connectivity index is 1.64. The van der Waals surface area contributed by atoms with E-state index in [4.69, 9.17) is 4.74 Å². The van der Waals surface area contributed by atoms with Crippen LogP contribution < -0.4 is 4.74 Å². The van der Waals surface area contributed by atoms with Gasteiger partial charge in [0.2, 0.25) is 11.8 Å². The van der Waals surface area contributed by atoms with Crippen molar-refractivity contribution in [2.75, 3.05) is 26.7 Å². The van der Waals surface area contributed by atoms with Crippen molar-refractivity contribution in [3.63, 3.8) is 0 Å². The van der Waals surface area contributed by atoms with Crippen LogP contribution in [0.15, 0.2) is 42.6 Å². The van der Waals surface area contributed by atoms with Gasteiger partial charge in [0, 0.05) is 31.6 Å². The Kier molecular flexibility index (Phi) is 7.32. The molecular weight excluding hydrogens is 430 g/mol. The molecule has 1 aliphatic carbocycles. The first-order valence-electron chi connectivity index (χ1n) is 11.9. The molecule has 1 aromatic carbocycles. The molecule has 2 amide bonds. The predicted molar refractivity (Wildman–Crippen MR) is 131 cm³/mol. The van der Waals surface area contributed by atoms with Gasteiger partial charge in [-0.05, 0) is 37.0 Å². The number of likely N-dealkylation sites (N-methyl/N-ethyl adjacent to an activating group) is 1. The largest absolute Gasteiger partial charge is 0.472 e. The molecule has 34 heavy (non-hydrogen) atoms. The summed E-state index contributed by atoms with van der Waals surface area (Å²) in [5.41, 5.74) is 2.19. The zero-order valence-corrected chi connectivity index (χ0v) is 20.1. The highest BCUT2D eigenvalue weighted by Gasteiger charge is 2.37. The topological polar surface area (TPSA) is 83.0 Å². The number of carbonyl (C=O) groups excluding carboxylic acids is 2. The van der Waals surface area contributed by atoms with Gasteiger partial charge in [-0.15, -0.1) is 0 Å². The Morgan fingerprint density at radius 3 is 2.65 bits per heavy atom. The van der Waals surface area contributed by atoms with Crippen LogP contribution in [0.1, 0.15) is 48.2 Å². The molecule has 4 rings (SSSR count). The second-order valence-electron chi connectivity index (χ2n) is 9.48. The van der Waals surface area contributed by atoms with Crippen molar-refractivity contribution in [2.24, 2.45) is 11.8 Å². The van der Waals surface area contributed by atoms with Crippen LogP contribution in [0.25, 0.3) is 12.2 Å². The number of hydrogen-bond donors (Lipinski definition) is 1. The van der Waals surface area contributed by atoms with Gasteiger partial charge in [0.05, 0.1) is 19.2 Å². The Hall–Kier alpha value is -3.19. The van der Waals surface area contributed by atoms with Gasteiger partial charge in [-0.25, -0.2) is 4.98 Å². The highest BCUT2D eigenvalue weighted by molar-refractivity contribution is 5.97. The minimum absolute atomic E-state index is 0.0555. The van der Waals surface area contributed by atoms with Crippen LogP contribution in [0.4, 0.5) is 0 Å². The van der Waals surface area contributed by atoms with Crippen molar-refractivity contribution in [3.05, 3.63) is 59.3 Å². The van der Waals surface area contributed by atoms with E-state index in [1.807, 2.05) is 56.3 Å². The molecule has 3 atom stereocenters. The minimum atomic E-state index is -0.351. The molecule has 0 unspecified atom stereocenters. The zero-order chi connectivity index (χ0) is 24.2. The summed E-state index contributed by atoms with van der Waals surface area (Å²) in [6.07, 6.45) is 7.14. The molecule has 0 radical (unpaired) electrons. The summed E-state index contributed by atoms with van der Waals surface area (Å²) in [4.78, 5) is 34.0. The van der Waals surface area contributed by atoms with Crippen LogP contribution >= 0.6 is 0 Å². The van der Waals surface area contributed by atoms with Crippen LogP contribution in [0, 0.1) is 11.8 Å². The summed E-state index contributed by atoms with van der Waals surface area (Å²) < 4.78 is 6.28. The number of nitrogens with zero attached hydrogens (tertiary/aromatic N) is 3. The lowest BCUT2D eigenvalue weighted by Crippen LogP contribution is -2.50. The maximum atomic E-state index is 13.5. The first-order chi connectivity index (χ1) is 16.4. The van der Waals surface area contributed by atoms with Gasteiger partial charge < -0.3 is 19.6 Å². The van der Waals surface area contributed by atoms with E-state index in [-0.39, 0.29) is 48.3 Å². The lowest BCUT2D eigenvalue weighted by Gasteiger charge is -2.37. The number of amides is 2. The van der Waals surface area contributed by atoms with Crippen molar-refractivity contribution in [1.29, 1.82) is 0 Å². The van der Waals surface area contributed by atoms with Gasteiger partial charge in [0.1, 0.15) is 11.7 Å². The van der Waals surface area contributed by atoms with Crippen molar-refractivity contribution in [1.82, 2.24) is 14.8 Å². The van der Waals surface area contributed by atoms with Crippen LogP contribution in [0.2, 0.25) is 0 Å². The second-order valence-corrected chi connectivity index (χ2v) is 9.48. The first-order valence-corrected chi connectivity index (χ1v) is 11.9. The van der Waals surface area contributed by atoms with E-state index in [1.165, 1.54) is 0 Å². The van der Waals surface area contributed by atoms with E-state index >= 15 is 0 Å². The van der Waals surface area contributed by atoms with Crippen LogP contribution in [-0.2, 0) is 4.79 Å². The molecular formula is C27H33N3O4. The summed E-state index contributed by atoms with van der Waals surface area (Å²) >= 11 is 0. The summed E-state index contributed by atoms with van der Waals surface area (Å²) in [6.45, 7) is 4.53. The fourth-order valence-corrected chi connectivity index (χ4v) is 4.19. The number of carbonyl (C=O) groups is 2. The van der Waals surface area contributed by atoms with E-state index < -0.39 is 0 Å². The summed E-state index contributed by atoms with van der Waals surface area (Å²) in [5, 5.41) is 9.81. The maximum absolute atomic E-state index is 13.5. The third-order valence-electron chi connectivity index (χ3n) is 6.57. The van der Waals surface area contributed by atoms with Gasteiger partial charge in [-0.3, -0.25) is 9.59 Å². The lowest BCUT2D eigenvalue weighted by atomic mass is 9.99. The molecule has 1 aromatic heterocycles. The second kappa shape index (κ2) is 10.4. The summed E-state index contributed by atoms with van der Waals surface area (Å²) in [7, 11) is 1.81. The molecule has 1 N–H and O–H groups in total. The van der Waals surface area contributed by atoms with Crippen molar-refractivity contribution in [2.45, 2.75) is 38.8 Å². The van der Waals surface area contributed by atoms with Crippen LogP contribution in [0.3, 0.4) is 0 Å². The SMILES string of the molecule is C[C@H]1CN([C@@H](C)CO)C(=O)c2cc(/C=C/c3ccccc3)cnc2O[C@H]1CN(C)C(=O)C1CC1. The molecule has 1 fully saturated rings. The van der Waals surface area contributed by atoms with Crippen LogP contribution in [-0.4, -0.2) is 70.6 Å². The van der Waals surface area contributed by atoms with Crippen molar-refractivity contribution >= 4 is 24.0 Å². The molecule has 0 spiro atoms. The smallest absolute Gasteiger partial charge is 0.259 e. The number of ether oxygens (including phenoxy) is 1. The quantitative estimate of drug-likeness (QED) is 0.681. The highest BCUT2D eigenvalue weighted by atomic mass is 16.5. The average Bonchev–Trinajstić information content (AvgIpc) is 3.70. The Labute approximate surface area is 201 Å². The third kappa shape index (κ3) is 5.47. The van der Waals surface area contributed by atoms with E-state index in [9.17, 15) is 14.7 Å². The van der Waals surface area contributed by atoms with E-state index in [0.717, 1.165) is 24.0 Å². The number of fused-ring (bicyclic) bond motifs is 1. The van der Waals surface area contributed by atoms with E-state index in [1.54, 1.807) is 29.1 Å². The number of aliphatic hydroxyl groups is 1. The molecule has 180 valence electrons. The number of hydrogen-bond acceptors (Lipinski definition) is 5. The number of aromatic nitrogens is 1. The molecule has 1 saturated carbocycles. The first kappa shape index (κ1) is 24.0. The Bertz CT molecular complexity index is 1050. The molecule has 2 aromatic rings. The number of benzene rings is 1. The number of pyridine rings is 1.